The zero-order valence-electron chi connectivity index (χ0n) is 15.4. The topological polar surface area (TPSA) is 29.5 Å². The first-order valence-corrected chi connectivity index (χ1v) is 10.0. The molecule has 0 saturated heterocycles. The van der Waals surface area contributed by atoms with E-state index in [1.54, 1.807) is 0 Å². The standard InChI is InChI=1S/C19H26F3NO2S/c1-11(2)16-17-13(8-15(26-17)18(24)25-3)10-23(16)9-12-4-6-14(7-5-12)19(20,21)22/h8,11-12,14,16H,4-7,9-10H2,1-3H3/t12?,14?,16-/m0/s1. The summed E-state index contributed by atoms with van der Waals surface area (Å²) in [6.07, 6.45) is -2.25. The summed E-state index contributed by atoms with van der Waals surface area (Å²) in [6, 6.07) is 2.15. The maximum absolute atomic E-state index is 12.9. The highest BCUT2D eigenvalue weighted by Gasteiger charge is 2.42. The number of hydrogen-bond acceptors (Lipinski definition) is 4. The molecule has 0 aromatic carbocycles. The van der Waals surface area contributed by atoms with Gasteiger partial charge in [0.25, 0.3) is 0 Å². The smallest absolute Gasteiger partial charge is 0.391 e. The Bertz CT molecular complexity index is 648. The number of hydrogen-bond donors (Lipinski definition) is 0. The monoisotopic (exact) mass is 389 g/mol. The summed E-state index contributed by atoms with van der Waals surface area (Å²) in [4.78, 5) is 16.0. The van der Waals surface area contributed by atoms with Crippen molar-refractivity contribution in [1.82, 2.24) is 4.90 Å². The molecule has 1 aromatic rings. The van der Waals surface area contributed by atoms with E-state index in [1.165, 1.54) is 23.3 Å². The molecule has 0 amide bonds. The molecule has 3 nitrogen and oxygen atoms in total. The molecule has 7 heteroatoms. The third-order valence-corrected chi connectivity index (χ3v) is 6.93. The number of carbonyl (C=O) groups excluding carboxylic acids is 1. The molecule has 1 aromatic heterocycles. The second kappa shape index (κ2) is 7.50. The lowest BCUT2D eigenvalue weighted by Crippen LogP contribution is -2.35. The van der Waals surface area contributed by atoms with E-state index in [2.05, 4.69) is 18.7 Å². The SMILES string of the molecule is COC(=O)c1cc2c(s1)[C@H](C(C)C)N(CC1CCC(C(F)(F)F)CC1)C2. The van der Waals surface area contributed by atoms with Gasteiger partial charge in [-0.2, -0.15) is 13.2 Å². The van der Waals surface area contributed by atoms with Crippen molar-refractivity contribution in [3.05, 3.63) is 21.4 Å². The van der Waals surface area contributed by atoms with E-state index in [-0.39, 0.29) is 24.9 Å². The van der Waals surface area contributed by atoms with Crippen LogP contribution in [0.2, 0.25) is 0 Å². The van der Waals surface area contributed by atoms with Gasteiger partial charge in [-0.25, -0.2) is 4.79 Å². The van der Waals surface area contributed by atoms with Gasteiger partial charge in [-0.15, -0.1) is 11.3 Å². The van der Waals surface area contributed by atoms with Crippen LogP contribution in [0.25, 0.3) is 0 Å². The number of carbonyl (C=O) groups is 1. The number of ether oxygens (including phenoxy) is 1. The average molecular weight is 389 g/mol. The molecule has 0 unspecified atom stereocenters. The van der Waals surface area contributed by atoms with Gasteiger partial charge in [0.05, 0.1) is 13.0 Å². The van der Waals surface area contributed by atoms with Crippen LogP contribution in [0.15, 0.2) is 6.07 Å². The minimum absolute atomic E-state index is 0.230. The van der Waals surface area contributed by atoms with Gasteiger partial charge < -0.3 is 4.74 Å². The van der Waals surface area contributed by atoms with Crippen LogP contribution in [-0.4, -0.2) is 30.7 Å². The summed E-state index contributed by atoms with van der Waals surface area (Å²) in [6.45, 7) is 5.92. The number of methoxy groups -OCH3 is 1. The number of thiophene rings is 1. The molecule has 0 N–H and O–H groups in total. The van der Waals surface area contributed by atoms with Crippen LogP contribution in [0.3, 0.4) is 0 Å². The van der Waals surface area contributed by atoms with E-state index in [9.17, 15) is 18.0 Å². The van der Waals surface area contributed by atoms with Gasteiger partial charge in [0.2, 0.25) is 0 Å². The molecule has 2 heterocycles. The number of fused-ring (bicyclic) bond motifs is 1. The molecule has 0 spiro atoms. The third-order valence-electron chi connectivity index (χ3n) is 5.70. The second-order valence-corrected chi connectivity index (χ2v) is 8.95. The predicted octanol–water partition coefficient (Wildman–Crippen LogP) is 5.42. The summed E-state index contributed by atoms with van der Waals surface area (Å²) in [5.74, 6) is -0.720. The Morgan fingerprint density at radius 3 is 2.50 bits per heavy atom. The van der Waals surface area contributed by atoms with Gasteiger partial charge in [0, 0.05) is 24.0 Å². The van der Waals surface area contributed by atoms with Crippen LogP contribution in [0.5, 0.6) is 0 Å². The van der Waals surface area contributed by atoms with Gasteiger partial charge in [0.15, 0.2) is 0 Å². The van der Waals surface area contributed by atoms with Crippen molar-refractivity contribution in [2.45, 2.75) is 58.3 Å². The number of halogens is 3. The maximum Gasteiger partial charge on any atom is 0.391 e. The van der Waals surface area contributed by atoms with E-state index in [0.29, 0.717) is 29.6 Å². The minimum atomic E-state index is -4.05. The van der Waals surface area contributed by atoms with Crippen molar-refractivity contribution >= 4 is 17.3 Å². The highest BCUT2D eigenvalue weighted by molar-refractivity contribution is 7.14. The van der Waals surface area contributed by atoms with Gasteiger partial charge in [0.1, 0.15) is 4.88 Å². The lowest BCUT2D eigenvalue weighted by Gasteiger charge is -2.35. The number of nitrogens with zero attached hydrogens (tertiary/aromatic N) is 1. The highest BCUT2D eigenvalue weighted by atomic mass is 32.1. The fourth-order valence-corrected chi connectivity index (χ4v) is 5.81. The Balaban J connectivity index is 1.66. The van der Waals surface area contributed by atoms with E-state index in [0.717, 1.165) is 18.7 Å². The normalized spacial score (nSPS) is 27.0. The average Bonchev–Trinajstić information content (AvgIpc) is 3.10. The van der Waals surface area contributed by atoms with Gasteiger partial charge in [-0.05, 0) is 49.1 Å². The van der Waals surface area contributed by atoms with Gasteiger partial charge in [-0.3, -0.25) is 4.90 Å². The zero-order chi connectivity index (χ0) is 19.1. The summed E-state index contributed by atoms with van der Waals surface area (Å²) in [7, 11) is 1.39. The number of rotatable bonds is 4. The molecule has 1 atom stereocenters. The maximum atomic E-state index is 12.9. The van der Waals surface area contributed by atoms with Crippen molar-refractivity contribution in [2.75, 3.05) is 13.7 Å². The largest absolute Gasteiger partial charge is 0.465 e. The van der Waals surface area contributed by atoms with Gasteiger partial charge in [-0.1, -0.05) is 13.8 Å². The first kappa shape index (κ1) is 19.7. The van der Waals surface area contributed by atoms with Crippen molar-refractivity contribution in [3.8, 4) is 0 Å². The van der Waals surface area contributed by atoms with Gasteiger partial charge >= 0.3 is 12.1 Å². The molecular formula is C19H26F3NO2S. The van der Waals surface area contributed by atoms with Crippen molar-refractivity contribution in [3.63, 3.8) is 0 Å². The van der Waals surface area contributed by atoms with Crippen molar-refractivity contribution in [2.24, 2.45) is 17.8 Å². The third kappa shape index (κ3) is 3.93. The van der Waals surface area contributed by atoms with Crippen molar-refractivity contribution < 1.29 is 22.7 Å². The first-order chi connectivity index (χ1) is 12.2. The zero-order valence-corrected chi connectivity index (χ0v) is 16.3. The highest BCUT2D eigenvalue weighted by Crippen LogP contribution is 2.46. The Hall–Kier alpha value is -1.08. The predicted molar refractivity (Wildman–Crippen MR) is 95.2 cm³/mol. The van der Waals surface area contributed by atoms with Crippen LogP contribution < -0.4 is 0 Å². The Labute approximate surface area is 156 Å². The fraction of sp³-hybridized carbons (Fsp3) is 0.737. The first-order valence-electron chi connectivity index (χ1n) is 9.22. The quantitative estimate of drug-likeness (QED) is 0.645. The molecule has 0 bridgehead atoms. The Kier molecular flexibility index (Phi) is 5.68. The molecule has 146 valence electrons. The van der Waals surface area contributed by atoms with E-state index in [4.69, 9.17) is 4.74 Å². The minimum Gasteiger partial charge on any atom is -0.465 e. The molecular weight excluding hydrogens is 363 g/mol. The summed E-state index contributed by atoms with van der Waals surface area (Å²) in [5.41, 5.74) is 1.16. The van der Waals surface area contributed by atoms with Crippen LogP contribution in [0.4, 0.5) is 13.2 Å². The molecule has 0 radical (unpaired) electrons. The molecule has 1 aliphatic carbocycles. The molecule has 1 fully saturated rings. The number of alkyl halides is 3. The molecule has 26 heavy (non-hydrogen) atoms. The fourth-order valence-electron chi connectivity index (χ4n) is 4.41. The molecule has 2 aliphatic rings. The summed E-state index contributed by atoms with van der Waals surface area (Å²) < 4.78 is 43.4. The van der Waals surface area contributed by atoms with Crippen LogP contribution in [0.1, 0.15) is 65.7 Å². The lowest BCUT2D eigenvalue weighted by atomic mass is 9.81. The summed E-state index contributed by atoms with van der Waals surface area (Å²) in [5, 5.41) is 0. The Morgan fingerprint density at radius 1 is 1.31 bits per heavy atom. The van der Waals surface area contributed by atoms with Crippen LogP contribution in [0, 0.1) is 17.8 Å². The van der Waals surface area contributed by atoms with Crippen LogP contribution >= 0.6 is 11.3 Å². The van der Waals surface area contributed by atoms with Crippen molar-refractivity contribution in [1.29, 1.82) is 0 Å². The van der Waals surface area contributed by atoms with E-state index >= 15 is 0 Å². The lowest BCUT2D eigenvalue weighted by molar-refractivity contribution is -0.184. The Morgan fingerprint density at radius 2 is 1.96 bits per heavy atom. The van der Waals surface area contributed by atoms with E-state index < -0.39 is 12.1 Å². The van der Waals surface area contributed by atoms with E-state index in [1.807, 2.05) is 6.07 Å². The second-order valence-electron chi connectivity index (χ2n) is 7.87. The van der Waals surface area contributed by atoms with Crippen LogP contribution in [-0.2, 0) is 11.3 Å². The molecule has 1 aliphatic heterocycles. The molecule has 3 rings (SSSR count). The summed E-state index contributed by atoms with van der Waals surface area (Å²) >= 11 is 1.50. The number of esters is 1. The molecule has 1 saturated carbocycles.